The summed E-state index contributed by atoms with van der Waals surface area (Å²) in [7, 11) is 0. The lowest BCUT2D eigenvalue weighted by Crippen LogP contribution is -2.38. The Bertz CT molecular complexity index is 357. The van der Waals surface area contributed by atoms with E-state index in [0.717, 1.165) is 0 Å². The van der Waals surface area contributed by atoms with Gasteiger partial charge in [0.2, 0.25) is 0 Å². The molecule has 0 radical (unpaired) electrons. The normalized spacial score (nSPS) is 17.5. The van der Waals surface area contributed by atoms with Gasteiger partial charge in [0.1, 0.15) is 11.3 Å². The minimum Gasteiger partial charge on any atom is -0.361 e. The lowest BCUT2D eigenvalue weighted by Gasteiger charge is -2.10. The number of nitrogens with one attached hydrogen (secondary N) is 1. The topological polar surface area (TPSA) is 81.2 Å². The summed E-state index contributed by atoms with van der Waals surface area (Å²) in [6, 6.07) is 0.0779. The van der Waals surface area contributed by atoms with Crippen LogP contribution in [-0.4, -0.2) is 23.7 Å². The largest absolute Gasteiger partial charge is 0.361 e. The van der Waals surface area contributed by atoms with Gasteiger partial charge < -0.3 is 15.6 Å². The van der Waals surface area contributed by atoms with E-state index in [0.29, 0.717) is 23.8 Å². The summed E-state index contributed by atoms with van der Waals surface area (Å²) >= 11 is 0. The number of hydrogen-bond donors (Lipinski definition) is 2. The van der Waals surface area contributed by atoms with Crippen LogP contribution in [0.1, 0.15) is 29.0 Å². The van der Waals surface area contributed by atoms with Crippen LogP contribution in [0.25, 0.3) is 0 Å². The lowest BCUT2D eigenvalue weighted by molar-refractivity contribution is 0.0949. The minimum absolute atomic E-state index is 0.0779. The van der Waals surface area contributed by atoms with Gasteiger partial charge in [-0.2, -0.15) is 0 Å². The van der Waals surface area contributed by atoms with Crippen LogP contribution < -0.4 is 11.1 Å². The highest BCUT2D eigenvalue weighted by molar-refractivity contribution is 5.94. The standard InChI is InChI=1S/C10H15N3O2/c1-6-8(4-13-15-6)10(14)12-5-9(11)7-2-3-7/h4,7,9H,2-3,5,11H2,1H3,(H,12,14). The molecule has 15 heavy (non-hydrogen) atoms. The van der Waals surface area contributed by atoms with E-state index >= 15 is 0 Å². The second-order valence-corrected chi connectivity index (χ2v) is 4.01. The van der Waals surface area contributed by atoms with Crippen molar-refractivity contribution in [2.75, 3.05) is 6.54 Å². The van der Waals surface area contributed by atoms with Gasteiger partial charge in [-0.15, -0.1) is 0 Å². The second kappa shape index (κ2) is 4.02. The molecule has 0 aromatic carbocycles. The summed E-state index contributed by atoms with van der Waals surface area (Å²) in [4.78, 5) is 11.6. The van der Waals surface area contributed by atoms with Crippen molar-refractivity contribution < 1.29 is 9.32 Å². The summed E-state index contributed by atoms with van der Waals surface area (Å²) in [6.45, 7) is 2.23. The molecular formula is C10H15N3O2. The van der Waals surface area contributed by atoms with Crippen molar-refractivity contribution in [1.82, 2.24) is 10.5 Å². The molecule has 1 heterocycles. The number of aromatic nitrogens is 1. The first kappa shape index (κ1) is 10.2. The van der Waals surface area contributed by atoms with Crippen LogP contribution >= 0.6 is 0 Å². The van der Waals surface area contributed by atoms with E-state index in [1.54, 1.807) is 6.92 Å². The number of rotatable bonds is 4. The molecule has 5 nitrogen and oxygen atoms in total. The highest BCUT2D eigenvalue weighted by Gasteiger charge is 2.28. The first-order valence-corrected chi connectivity index (χ1v) is 5.13. The summed E-state index contributed by atoms with van der Waals surface area (Å²) < 4.78 is 4.81. The molecule has 1 fully saturated rings. The molecule has 2 rings (SSSR count). The molecule has 5 heteroatoms. The van der Waals surface area contributed by atoms with Gasteiger partial charge in [0.25, 0.3) is 5.91 Å². The van der Waals surface area contributed by atoms with Gasteiger partial charge in [0, 0.05) is 12.6 Å². The number of nitrogens with two attached hydrogens (primary N) is 1. The van der Waals surface area contributed by atoms with Gasteiger partial charge in [-0.05, 0) is 25.7 Å². The summed E-state index contributed by atoms with van der Waals surface area (Å²) in [5.74, 6) is 0.964. The number of aryl methyl sites for hydroxylation is 1. The van der Waals surface area contributed by atoms with Crippen molar-refractivity contribution in [3.8, 4) is 0 Å². The third-order valence-corrected chi connectivity index (χ3v) is 2.72. The first-order valence-electron chi connectivity index (χ1n) is 5.13. The highest BCUT2D eigenvalue weighted by Crippen LogP contribution is 2.31. The quantitative estimate of drug-likeness (QED) is 0.754. The predicted molar refractivity (Wildman–Crippen MR) is 54.3 cm³/mol. The number of carbonyl (C=O) groups is 1. The van der Waals surface area contributed by atoms with Gasteiger partial charge >= 0.3 is 0 Å². The Kier molecular flexibility index (Phi) is 2.73. The second-order valence-electron chi connectivity index (χ2n) is 4.01. The molecule has 1 aromatic rings. The van der Waals surface area contributed by atoms with Crippen LogP contribution in [0.3, 0.4) is 0 Å². The minimum atomic E-state index is -0.162. The third kappa shape index (κ3) is 2.36. The van der Waals surface area contributed by atoms with Crippen LogP contribution in [0.5, 0.6) is 0 Å². The molecule has 1 aliphatic carbocycles. The van der Waals surface area contributed by atoms with Crippen LogP contribution in [0, 0.1) is 12.8 Å². The molecular weight excluding hydrogens is 194 g/mol. The molecule has 0 spiro atoms. The molecule has 0 aliphatic heterocycles. The number of nitrogens with zero attached hydrogens (tertiary/aromatic N) is 1. The van der Waals surface area contributed by atoms with E-state index in [2.05, 4.69) is 10.5 Å². The Hall–Kier alpha value is -1.36. The van der Waals surface area contributed by atoms with Crippen LogP contribution in [0.2, 0.25) is 0 Å². The Morgan fingerprint density at radius 1 is 1.80 bits per heavy atom. The molecule has 1 unspecified atom stereocenters. The lowest BCUT2D eigenvalue weighted by atomic mass is 10.2. The zero-order valence-electron chi connectivity index (χ0n) is 8.69. The Labute approximate surface area is 88.0 Å². The van der Waals surface area contributed by atoms with Crippen molar-refractivity contribution >= 4 is 5.91 Å². The maximum Gasteiger partial charge on any atom is 0.256 e. The monoisotopic (exact) mass is 209 g/mol. The molecule has 3 N–H and O–H groups in total. The molecule has 0 saturated heterocycles. The Balaban J connectivity index is 1.84. The Morgan fingerprint density at radius 2 is 2.53 bits per heavy atom. The fourth-order valence-electron chi connectivity index (χ4n) is 1.51. The van der Waals surface area contributed by atoms with E-state index in [-0.39, 0.29) is 11.9 Å². The van der Waals surface area contributed by atoms with Crippen molar-refractivity contribution in [2.24, 2.45) is 11.7 Å². The molecule has 1 amide bonds. The fourth-order valence-corrected chi connectivity index (χ4v) is 1.51. The van der Waals surface area contributed by atoms with Crippen LogP contribution in [0.4, 0.5) is 0 Å². The van der Waals surface area contributed by atoms with E-state index in [1.165, 1.54) is 19.0 Å². The van der Waals surface area contributed by atoms with E-state index < -0.39 is 0 Å². The predicted octanol–water partition coefficient (Wildman–Crippen LogP) is 0.450. The maximum atomic E-state index is 11.6. The van der Waals surface area contributed by atoms with Crippen LogP contribution in [-0.2, 0) is 0 Å². The highest BCUT2D eigenvalue weighted by atomic mass is 16.5. The van der Waals surface area contributed by atoms with Gasteiger partial charge in [-0.25, -0.2) is 0 Å². The van der Waals surface area contributed by atoms with Gasteiger partial charge in [0.15, 0.2) is 0 Å². The van der Waals surface area contributed by atoms with E-state index in [1.807, 2.05) is 0 Å². The summed E-state index contributed by atoms with van der Waals surface area (Å²) in [5, 5.41) is 6.33. The number of amides is 1. The first-order chi connectivity index (χ1) is 7.18. The van der Waals surface area contributed by atoms with Crippen LogP contribution in [0.15, 0.2) is 10.7 Å². The molecule has 0 bridgehead atoms. The third-order valence-electron chi connectivity index (χ3n) is 2.72. The molecule has 1 saturated carbocycles. The van der Waals surface area contributed by atoms with Crippen molar-refractivity contribution in [2.45, 2.75) is 25.8 Å². The van der Waals surface area contributed by atoms with Gasteiger partial charge in [-0.1, -0.05) is 5.16 Å². The fraction of sp³-hybridized carbons (Fsp3) is 0.600. The average Bonchev–Trinajstić information content (AvgIpc) is 2.98. The van der Waals surface area contributed by atoms with Crippen molar-refractivity contribution in [3.63, 3.8) is 0 Å². The average molecular weight is 209 g/mol. The number of carbonyl (C=O) groups excluding carboxylic acids is 1. The van der Waals surface area contributed by atoms with E-state index in [9.17, 15) is 4.79 Å². The smallest absolute Gasteiger partial charge is 0.256 e. The Morgan fingerprint density at radius 3 is 3.07 bits per heavy atom. The molecule has 1 aromatic heterocycles. The number of hydrogen-bond acceptors (Lipinski definition) is 4. The summed E-state index contributed by atoms with van der Waals surface area (Å²) in [6.07, 6.45) is 3.79. The van der Waals surface area contributed by atoms with Crippen molar-refractivity contribution in [1.29, 1.82) is 0 Å². The molecule has 82 valence electrons. The van der Waals surface area contributed by atoms with Gasteiger partial charge in [0.05, 0.1) is 6.20 Å². The van der Waals surface area contributed by atoms with E-state index in [4.69, 9.17) is 10.3 Å². The molecule has 1 atom stereocenters. The SMILES string of the molecule is Cc1oncc1C(=O)NCC(N)C1CC1. The van der Waals surface area contributed by atoms with Crippen molar-refractivity contribution in [3.05, 3.63) is 17.5 Å². The maximum absolute atomic E-state index is 11.6. The zero-order valence-corrected chi connectivity index (χ0v) is 8.69. The molecule has 1 aliphatic rings. The zero-order chi connectivity index (χ0) is 10.8. The summed E-state index contributed by atoms with van der Waals surface area (Å²) in [5.41, 5.74) is 6.35. The van der Waals surface area contributed by atoms with Gasteiger partial charge in [-0.3, -0.25) is 4.79 Å².